The number of carboxylic acids is 1. The Bertz CT molecular complexity index is 646. The van der Waals surface area contributed by atoms with Gasteiger partial charge >= 0.3 is 5.97 Å². The van der Waals surface area contributed by atoms with Crippen molar-refractivity contribution in [3.8, 4) is 0 Å². The molecule has 3 rings (SSSR count). The maximum Gasteiger partial charge on any atom is 0.355 e. The number of aromatic carboxylic acids is 1. The van der Waals surface area contributed by atoms with Gasteiger partial charge < -0.3 is 15.3 Å². The van der Waals surface area contributed by atoms with E-state index < -0.39 is 5.97 Å². The number of rotatable bonds is 9. The molecule has 1 saturated heterocycles. The average molecular weight is 412 g/mol. The number of carbonyl (C=O) groups is 2. The fourth-order valence-corrected chi connectivity index (χ4v) is 5.90. The summed E-state index contributed by atoms with van der Waals surface area (Å²) in [5.74, 6) is 0.754. The van der Waals surface area contributed by atoms with Gasteiger partial charge in [0.1, 0.15) is 0 Å². The van der Waals surface area contributed by atoms with Crippen LogP contribution in [0.3, 0.4) is 0 Å². The molecule has 2 aliphatic rings. The topological polar surface area (TPSA) is 82.5 Å². The van der Waals surface area contributed by atoms with Gasteiger partial charge in [0.05, 0.1) is 0 Å². The molecule has 1 aliphatic heterocycles. The fraction of sp³-hybridized carbons (Fsp3) is 0.737. The smallest absolute Gasteiger partial charge is 0.355 e. The van der Waals surface area contributed by atoms with Crippen LogP contribution < -0.4 is 5.32 Å². The molecule has 1 aromatic rings. The summed E-state index contributed by atoms with van der Waals surface area (Å²) >= 11 is 2.87. The zero-order chi connectivity index (χ0) is 19.2. The molecule has 0 aromatic carbocycles. The third-order valence-corrected chi connectivity index (χ3v) is 7.75. The van der Waals surface area contributed by atoms with Gasteiger partial charge in [0.15, 0.2) is 10.0 Å². The van der Waals surface area contributed by atoms with E-state index in [-0.39, 0.29) is 17.6 Å². The minimum absolute atomic E-state index is 0.0959. The van der Waals surface area contributed by atoms with Gasteiger partial charge in [0.25, 0.3) is 0 Å². The van der Waals surface area contributed by atoms with E-state index in [0.717, 1.165) is 29.0 Å². The Morgan fingerprint density at radius 3 is 2.89 bits per heavy atom. The van der Waals surface area contributed by atoms with Crippen LogP contribution in [0.4, 0.5) is 0 Å². The van der Waals surface area contributed by atoms with Gasteiger partial charge in [-0.2, -0.15) is 0 Å². The van der Waals surface area contributed by atoms with Crippen molar-refractivity contribution in [1.29, 1.82) is 0 Å². The second-order valence-electron chi connectivity index (χ2n) is 7.53. The van der Waals surface area contributed by atoms with Crippen LogP contribution in [0.5, 0.6) is 0 Å². The summed E-state index contributed by atoms with van der Waals surface area (Å²) in [5.41, 5.74) is 0.0959. The molecule has 2 atom stereocenters. The van der Waals surface area contributed by atoms with Crippen molar-refractivity contribution < 1.29 is 14.7 Å². The minimum atomic E-state index is -0.994. The van der Waals surface area contributed by atoms with E-state index in [1.54, 1.807) is 5.38 Å². The van der Waals surface area contributed by atoms with Gasteiger partial charge in [-0.15, -0.1) is 11.3 Å². The van der Waals surface area contributed by atoms with E-state index in [2.05, 4.69) is 17.2 Å². The number of nitrogens with one attached hydrogen (secondary N) is 1. The lowest BCUT2D eigenvalue weighted by Crippen LogP contribution is -2.45. The summed E-state index contributed by atoms with van der Waals surface area (Å²) in [6.45, 7) is 3.85. The molecule has 1 aliphatic carbocycles. The number of likely N-dealkylation sites (tertiary alicyclic amines) is 1. The monoisotopic (exact) mass is 411 g/mol. The molecule has 1 aromatic heterocycles. The zero-order valence-electron chi connectivity index (χ0n) is 15.9. The molecule has 0 bridgehead atoms. The standard InChI is InChI=1S/C19H29N3O3S2/c1-13(14-5-3-2-4-6-14)20-11-15-7-8-17(23)22(15)9-10-26-19-21-16(12-27-19)18(24)25/h12-15,20H,2-11H2,1H3,(H,24,25)/t13-,15?/m0/s1. The number of nitrogens with zero attached hydrogens (tertiary/aromatic N) is 2. The normalized spacial score (nSPS) is 22.3. The Hall–Kier alpha value is -1.12. The Balaban J connectivity index is 1.43. The lowest BCUT2D eigenvalue weighted by molar-refractivity contribution is -0.128. The summed E-state index contributed by atoms with van der Waals surface area (Å²) in [4.78, 5) is 29.3. The Labute approximate surface area is 169 Å². The van der Waals surface area contributed by atoms with Crippen LogP contribution in [-0.4, -0.2) is 57.8 Å². The quantitative estimate of drug-likeness (QED) is 0.606. The van der Waals surface area contributed by atoms with Crippen LogP contribution in [0.2, 0.25) is 0 Å². The molecular formula is C19H29N3O3S2. The second-order valence-corrected chi connectivity index (χ2v) is 9.73. The van der Waals surface area contributed by atoms with E-state index >= 15 is 0 Å². The molecule has 27 heavy (non-hydrogen) atoms. The molecule has 1 unspecified atom stereocenters. The van der Waals surface area contributed by atoms with E-state index in [9.17, 15) is 9.59 Å². The lowest BCUT2D eigenvalue weighted by Gasteiger charge is -2.31. The average Bonchev–Trinajstić information content (AvgIpc) is 3.28. The molecule has 8 heteroatoms. The van der Waals surface area contributed by atoms with E-state index in [1.807, 2.05) is 4.90 Å². The number of thiazole rings is 1. The predicted molar refractivity (Wildman–Crippen MR) is 109 cm³/mol. The van der Waals surface area contributed by atoms with Crippen molar-refractivity contribution in [2.45, 2.75) is 68.3 Å². The van der Waals surface area contributed by atoms with Gasteiger partial charge in [-0.25, -0.2) is 9.78 Å². The molecule has 1 saturated carbocycles. The Morgan fingerprint density at radius 1 is 1.41 bits per heavy atom. The van der Waals surface area contributed by atoms with Crippen molar-refractivity contribution in [2.75, 3.05) is 18.8 Å². The van der Waals surface area contributed by atoms with E-state index in [4.69, 9.17) is 5.11 Å². The number of hydrogen-bond donors (Lipinski definition) is 2. The molecule has 0 spiro atoms. The summed E-state index contributed by atoms with van der Waals surface area (Å²) in [5, 5.41) is 14.2. The lowest BCUT2D eigenvalue weighted by atomic mass is 9.84. The highest BCUT2D eigenvalue weighted by atomic mass is 32.2. The summed E-state index contributed by atoms with van der Waals surface area (Å²) in [7, 11) is 0. The van der Waals surface area contributed by atoms with Crippen LogP contribution in [0.25, 0.3) is 0 Å². The molecule has 1 amide bonds. The van der Waals surface area contributed by atoms with Crippen molar-refractivity contribution >= 4 is 35.0 Å². The minimum Gasteiger partial charge on any atom is -0.476 e. The molecule has 150 valence electrons. The SMILES string of the molecule is C[C@H](NCC1CCC(=O)N1CCSc1nc(C(=O)O)cs1)C1CCCCC1. The second kappa shape index (κ2) is 9.89. The van der Waals surface area contributed by atoms with Gasteiger partial charge in [0.2, 0.25) is 5.91 Å². The van der Waals surface area contributed by atoms with Crippen LogP contribution in [0.1, 0.15) is 62.4 Å². The van der Waals surface area contributed by atoms with Gasteiger partial charge in [-0.1, -0.05) is 31.0 Å². The molecule has 2 fully saturated rings. The number of hydrogen-bond acceptors (Lipinski definition) is 6. The number of carbonyl (C=O) groups excluding carboxylic acids is 1. The molecule has 6 nitrogen and oxygen atoms in total. The van der Waals surface area contributed by atoms with Gasteiger partial charge in [0, 0.05) is 42.7 Å². The molecule has 2 heterocycles. The van der Waals surface area contributed by atoms with Crippen molar-refractivity contribution in [1.82, 2.24) is 15.2 Å². The van der Waals surface area contributed by atoms with Crippen molar-refractivity contribution in [2.24, 2.45) is 5.92 Å². The molecular weight excluding hydrogens is 382 g/mol. The fourth-order valence-electron chi connectivity index (χ4n) is 4.09. The van der Waals surface area contributed by atoms with Crippen LogP contribution >= 0.6 is 23.1 Å². The summed E-state index contributed by atoms with van der Waals surface area (Å²) in [6, 6.07) is 0.789. The summed E-state index contributed by atoms with van der Waals surface area (Å²) < 4.78 is 0.750. The number of carboxylic acid groups (broad SMARTS) is 1. The zero-order valence-corrected chi connectivity index (χ0v) is 17.5. The third kappa shape index (κ3) is 5.68. The van der Waals surface area contributed by atoms with Crippen molar-refractivity contribution in [3.63, 3.8) is 0 Å². The highest BCUT2D eigenvalue weighted by molar-refractivity contribution is 8.01. The van der Waals surface area contributed by atoms with Gasteiger partial charge in [-0.3, -0.25) is 4.79 Å². The van der Waals surface area contributed by atoms with Crippen molar-refractivity contribution in [3.05, 3.63) is 11.1 Å². The Morgan fingerprint density at radius 2 is 2.19 bits per heavy atom. The molecule has 2 N–H and O–H groups in total. The maximum absolute atomic E-state index is 12.3. The predicted octanol–water partition coefficient (Wildman–Crippen LogP) is 3.48. The highest BCUT2D eigenvalue weighted by Crippen LogP contribution is 2.27. The number of amides is 1. The molecule has 0 radical (unpaired) electrons. The van der Waals surface area contributed by atoms with E-state index in [0.29, 0.717) is 19.0 Å². The largest absolute Gasteiger partial charge is 0.476 e. The van der Waals surface area contributed by atoms with Crippen LogP contribution in [0, 0.1) is 5.92 Å². The van der Waals surface area contributed by atoms with Crippen LogP contribution in [0.15, 0.2) is 9.72 Å². The third-order valence-electron chi connectivity index (χ3n) is 5.74. The Kier molecular flexibility index (Phi) is 7.55. The highest BCUT2D eigenvalue weighted by Gasteiger charge is 2.31. The first-order chi connectivity index (χ1) is 13.0. The van der Waals surface area contributed by atoms with Gasteiger partial charge in [-0.05, 0) is 32.1 Å². The maximum atomic E-state index is 12.3. The first-order valence-corrected chi connectivity index (χ1v) is 11.8. The summed E-state index contributed by atoms with van der Waals surface area (Å²) in [6.07, 6.45) is 8.28. The van der Waals surface area contributed by atoms with Crippen LogP contribution in [-0.2, 0) is 4.79 Å². The first kappa shape index (κ1) is 20.6. The number of thioether (sulfide) groups is 1. The first-order valence-electron chi connectivity index (χ1n) is 9.89. The van der Waals surface area contributed by atoms with E-state index in [1.165, 1.54) is 55.2 Å². The number of aromatic nitrogens is 1.